The quantitative estimate of drug-likeness (QED) is 0.521. The van der Waals surface area contributed by atoms with Crippen LogP contribution in [0.25, 0.3) is 0 Å². The highest BCUT2D eigenvalue weighted by molar-refractivity contribution is 6.14. The molecule has 0 aliphatic carbocycles. The Labute approximate surface area is 112 Å². The molecule has 0 aliphatic heterocycles. The van der Waals surface area contributed by atoms with Crippen LogP contribution in [-0.2, 0) is 0 Å². The number of rotatable bonds is 3. The van der Waals surface area contributed by atoms with Crippen LogP contribution in [0.15, 0.2) is 24.3 Å². The van der Waals surface area contributed by atoms with Gasteiger partial charge in [-0.15, -0.1) is 4.53 Å². The van der Waals surface area contributed by atoms with Crippen LogP contribution >= 0.6 is 11.8 Å². The molecule has 0 aliphatic rings. The second kappa shape index (κ2) is 5.50. The number of hydrazine groups is 1. The van der Waals surface area contributed by atoms with E-state index < -0.39 is 0 Å². The average molecular weight is 269 g/mol. The normalized spacial score (nSPS) is 11.4. The van der Waals surface area contributed by atoms with E-state index in [1.807, 2.05) is 20.8 Å². The summed E-state index contributed by atoms with van der Waals surface area (Å²) >= 11 is 5.93. The van der Waals surface area contributed by atoms with Crippen LogP contribution in [0.3, 0.4) is 0 Å². The lowest BCUT2D eigenvalue weighted by molar-refractivity contribution is 0.0805. The Morgan fingerprint density at radius 3 is 1.94 bits per heavy atom. The zero-order valence-corrected chi connectivity index (χ0v) is 11.7. The first-order valence-corrected chi connectivity index (χ1v) is 5.93. The second-order valence-corrected chi connectivity index (χ2v) is 5.36. The van der Waals surface area contributed by atoms with Crippen molar-refractivity contribution in [3.8, 4) is 0 Å². The van der Waals surface area contributed by atoms with E-state index in [1.54, 1.807) is 24.3 Å². The molecule has 1 amide bonds. The number of nitrogens with zero attached hydrogens (tertiary/aromatic N) is 1. The Hall–Kier alpha value is -1.39. The first-order chi connectivity index (χ1) is 8.21. The summed E-state index contributed by atoms with van der Waals surface area (Å²) in [4.78, 5) is 23.0. The molecule has 0 heterocycles. The first-order valence-electron chi connectivity index (χ1n) is 5.60. The van der Waals surface area contributed by atoms with Crippen molar-refractivity contribution in [1.82, 2.24) is 9.95 Å². The third-order valence-corrected chi connectivity index (χ3v) is 2.93. The number of hydrogen-bond donors (Lipinski definition) is 1. The molecule has 1 aromatic rings. The van der Waals surface area contributed by atoms with Gasteiger partial charge in [-0.05, 0) is 39.8 Å². The van der Waals surface area contributed by atoms with E-state index in [2.05, 4.69) is 5.43 Å². The number of carbonyl (C=O) groups is 2. The van der Waals surface area contributed by atoms with Gasteiger partial charge >= 0.3 is 0 Å². The molecule has 0 fully saturated rings. The summed E-state index contributed by atoms with van der Waals surface area (Å²) in [7, 11) is 0. The van der Waals surface area contributed by atoms with Gasteiger partial charge < -0.3 is 0 Å². The number of halogens is 1. The maximum absolute atomic E-state index is 11.9. The van der Waals surface area contributed by atoms with Crippen molar-refractivity contribution in [2.75, 3.05) is 0 Å². The summed E-state index contributed by atoms with van der Waals surface area (Å²) in [6.45, 7) is 7.10. The lowest BCUT2D eigenvalue weighted by atomic mass is 10.1. The lowest BCUT2D eigenvalue weighted by Gasteiger charge is -2.28. The molecule has 0 saturated heterocycles. The Morgan fingerprint density at radius 1 is 1.11 bits per heavy atom. The summed E-state index contributed by atoms with van der Waals surface area (Å²) in [6, 6.07) is 6.43. The van der Waals surface area contributed by atoms with Crippen LogP contribution in [0.4, 0.5) is 0 Å². The van der Waals surface area contributed by atoms with Crippen LogP contribution in [0.1, 0.15) is 48.4 Å². The highest BCUT2D eigenvalue weighted by Crippen LogP contribution is 2.13. The average Bonchev–Trinajstić information content (AvgIpc) is 2.27. The number of amides is 1. The minimum Gasteiger partial charge on any atom is -0.295 e. The van der Waals surface area contributed by atoms with Crippen molar-refractivity contribution in [3.05, 3.63) is 35.4 Å². The molecule has 98 valence electrons. The van der Waals surface area contributed by atoms with E-state index in [-0.39, 0.29) is 17.2 Å². The number of carbonyl (C=O) groups excluding carboxylic acids is 2. The molecule has 5 heteroatoms. The maximum atomic E-state index is 11.9. The fraction of sp³-hybridized carbons (Fsp3) is 0.385. The summed E-state index contributed by atoms with van der Waals surface area (Å²) in [5, 5.41) is 0. The van der Waals surface area contributed by atoms with Gasteiger partial charge in [0.15, 0.2) is 5.78 Å². The van der Waals surface area contributed by atoms with Crippen molar-refractivity contribution in [3.63, 3.8) is 0 Å². The summed E-state index contributed by atoms with van der Waals surface area (Å²) < 4.78 is 1.23. The molecule has 4 nitrogen and oxygen atoms in total. The van der Waals surface area contributed by atoms with E-state index in [0.717, 1.165) is 0 Å². The molecule has 1 aromatic carbocycles. The van der Waals surface area contributed by atoms with Crippen LogP contribution in [0.2, 0.25) is 0 Å². The fourth-order valence-electron chi connectivity index (χ4n) is 1.18. The lowest BCUT2D eigenvalue weighted by Crippen LogP contribution is -2.46. The molecular formula is C13H17ClN2O2. The van der Waals surface area contributed by atoms with Gasteiger partial charge in [0.05, 0.1) is 0 Å². The molecule has 18 heavy (non-hydrogen) atoms. The van der Waals surface area contributed by atoms with Gasteiger partial charge in [-0.3, -0.25) is 15.0 Å². The summed E-state index contributed by atoms with van der Waals surface area (Å²) in [6.07, 6.45) is 0. The SMILES string of the molecule is CC(=O)c1ccc(C(=O)NN(Cl)C(C)(C)C)cc1. The van der Waals surface area contributed by atoms with Crippen LogP contribution in [0, 0.1) is 0 Å². The number of nitrogens with one attached hydrogen (secondary N) is 1. The molecule has 1 N–H and O–H groups in total. The molecule has 0 saturated carbocycles. The predicted molar refractivity (Wildman–Crippen MR) is 71.4 cm³/mol. The Balaban J connectivity index is 2.76. The van der Waals surface area contributed by atoms with E-state index >= 15 is 0 Å². The maximum Gasteiger partial charge on any atom is 0.266 e. The van der Waals surface area contributed by atoms with Crippen molar-refractivity contribution in [2.24, 2.45) is 0 Å². The van der Waals surface area contributed by atoms with Gasteiger partial charge in [0.1, 0.15) is 0 Å². The van der Waals surface area contributed by atoms with Crippen molar-refractivity contribution in [1.29, 1.82) is 0 Å². The first kappa shape index (κ1) is 14.7. The summed E-state index contributed by atoms with van der Waals surface area (Å²) in [5.74, 6) is -0.342. The van der Waals surface area contributed by atoms with Crippen molar-refractivity contribution < 1.29 is 9.59 Å². The van der Waals surface area contributed by atoms with Crippen LogP contribution in [-0.4, -0.2) is 21.8 Å². The Bertz CT molecular complexity index is 449. The number of hydrogen-bond acceptors (Lipinski definition) is 3. The number of Topliss-reactive ketones (excluding diaryl/α,β-unsaturated/α-hetero) is 1. The van der Waals surface area contributed by atoms with Crippen molar-refractivity contribution in [2.45, 2.75) is 33.2 Å². The van der Waals surface area contributed by atoms with Gasteiger partial charge in [0.25, 0.3) is 5.91 Å². The molecule has 0 atom stereocenters. The van der Waals surface area contributed by atoms with Gasteiger partial charge in [-0.25, -0.2) is 0 Å². The minimum atomic E-state index is -0.378. The Morgan fingerprint density at radius 2 is 1.56 bits per heavy atom. The molecule has 0 spiro atoms. The monoisotopic (exact) mass is 268 g/mol. The molecule has 0 radical (unpaired) electrons. The van der Waals surface area contributed by atoms with Gasteiger partial charge in [0.2, 0.25) is 0 Å². The smallest absolute Gasteiger partial charge is 0.266 e. The highest BCUT2D eigenvalue weighted by Gasteiger charge is 2.21. The molecule has 0 bridgehead atoms. The standard InChI is InChI=1S/C13H17ClN2O2/c1-9(17)10-5-7-11(8-6-10)12(18)15-16(14)13(2,3)4/h5-8H,1-4H3,(H,15,18). The van der Waals surface area contributed by atoms with Gasteiger partial charge in [-0.1, -0.05) is 12.1 Å². The zero-order chi connectivity index (χ0) is 13.9. The number of benzene rings is 1. The topological polar surface area (TPSA) is 49.4 Å². The largest absolute Gasteiger partial charge is 0.295 e. The van der Waals surface area contributed by atoms with Gasteiger partial charge in [-0.2, -0.15) is 0 Å². The van der Waals surface area contributed by atoms with Gasteiger partial charge in [0, 0.05) is 28.4 Å². The minimum absolute atomic E-state index is 0.0318. The van der Waals surface area contributed by atoms with E-state index in [1.165, 1.54) is 11.5 Å². The third-order valence-electron chi connectivity index (χ3n) is 2.34. The molecule has 1 rings (SSSR count). The number of ketones is 1. The molecular weight excluding hydrogens is 252 g/mol. The zero-order valence-electron chi connectivity index (χ0n) is 11.0. The van der Waals surface area contributed by atoms with E-state index in [0.29, 0.717) is 11.1 Å². The van der Waals surface area contributed by atoms with E-state index in [4.69, 9.17) is 11.8 Å². The third kappa shape index (κ3) is 3.82. The fourth-order valence-corrected chi connectivity index (χ4v) is 1.25. The Kier molecular flexibility index (Phi) is 4.48. The summed E-state index contributed by atoms with van der Waals surface area (Å²) in [5.41, 5.74) is 3.21. The van der Waals surface area contributed by atoms with Crippen LogP contribution in [0.5, 0.6) is 0 Å². The van der Waals surface area contributed by atoms with Crippen molar-refractivity contribution >= 4 is 23.5 Å². The second-order valence-electron chi connectivity index (χ2n) is 5.03. The van der Waals surface area contributed by atoms with E-state index in [9.17, 15) is 9.59 Å². The molecule has 0 unspecified atom stereocenters. The van der Waals surface area contributed by atoms with Crippen LogP contribution < -0.4 is 5.43 Å². The highest BCUT2D eigenvalue weighted by atomic mass is 35.5. The molecule has 0 aromatic heterocycles. The predicted octanol–water partition coefficient (Wildman–Crippen LogP) is 2.79.